The Hall–Kier alpha value is -4.00. The molecule has 1 aliphatic rings. The van der Waals surface area contributed by atoms with Crippen LogP contribution in [-0.2, 0) is 4.79 Å². The number of amides is 1. The van der Waals surface area contributed by atoms with Crippen LogP contribution in [-0.4, -0.2) is 32.8 Å². The van der Waals surface area contributed by atoms with E-state index in [1.165, 1.54) is 0 Å². The van der Waals surface area contributed by atoms with Crippen LogP contribution in [0.3, 0.4) is 0 Å². The summed E-state index contributed by atoms with van der Waals surface area (Å²) in [6.07, 6.45) is 3.58. The second-order valence-electron chi connectivity index (χ2n) is 7.87. The van der Waals surface area contributed by atoms with Gasteiger partial charge in [0.1, 0.15) is 11.4 Å². The molecule has 1 amide bonds. The lowest BCUT2D eigenvalue weighted by atomic mass is 9.82. The van der Waals surface area contributed by atoms with Crippen LogP contribution in [0.4, 0.5) is 5.69 Å². The van der Waals surface area contributed by atoms with Crippen molar-refractivity contribution in [2.75, 3.05) is 12.0 Å². The fraction of sp³-hybridized carbons (Fsp3) is 0.167. The Labute approximate surface area is 179 Å². The molecule has 3 aromatic heterocycles. The van der Waals surface area contributed by atoms with Crippen LogP contribution >= 0.6 is 0 Å². The van der Waals surface area contributed by atoms with Gasteiger partial charge >= 0.3 is 0 Å². The zero-order chi connectivity index (χ0) is 21.6. The van der Waals surface area contributed by atoms with Gasteiger partial charge < -0.3 is 4.74 Å². The monoisotopic (exact) mass is 411 g/mol. The van der Waals surface area contributed by atoms with Crippen molar-refractivity contribution in [2.24, 2.45) is 5.41 Å². The lowest BCUT2D eigenvalue weighted by molar-refractivity contribution is -0.122. The smallest absolute Gasteiger partial charge is 0.241 e. The molecule has 7 heteroatoms. The molecule has 0 unspecified atom stereocenters. The van der Waals surface area contributed by atoms with Crippen molar-refractivity contribution in [1.82, 2.24) is 19.8 Å². The number of nitrogens with zero attached hydrogens (tertiary/aromatic N) is 5. The van der Waals surface area contributed by atoms with E-state index in [2.05, 4.69) is 15.3 Å². The number of rotatable bonds is 4. The molecule has 31 heavy (non-hydrogen) atoms. The van der Waals surface area contributed by atoms with E-state index in [1.807, 2.05) is 80.7 Å². The van der Waals surface area contributed by atoms with Crippen molar-refractivity contribution >= 4 is 28.4 Å². The highest BCUT2D eigenvalue weighted by molar-refractivity contribution is 6.25. The zero-order valence-electron chi connectivity index (χ0n) is 17.5. The van der Waals surface area contributed by atoms with Gasteiger partial charge in [-0.05, 0) is 62.4 Å². The molecule has 4 heterocycles. The topological polar surface area (TPSA) is 72.6 Å². The predicted octanol–water partition coefficient (Wildman–Crippen LogP) is 4.07. The molecule has 0 saturated carbocycles. The number of pyridine rings is 2. The summed E-state index contributed by atoms with van der Waals surface area (Å²) >= 11 is 0. The van der Waals surface area contributed by atoms with Gasteiger partial charge in [0.15, 0.2) is 0 Å². The first kappa shape index (κ1) is 19.0. The second-order valence-corrected chi connectivity index (χ2v) is 7.87. The molecule has 154 valence electrons. The molecule has 0 atom stereocenters. The van der Waals surface area contributed by atoms with E-state index in [0.717, 1.165) is 28.2 Å². The van der Waals surface area contributed by atoms with Gasteiger partial charge in [-0.2, -0.15) is 0 Å². The first-order valence-corrected chi connectivity index (χ1v) is 9.97. The molecule has 1 aliphatic heterocycles. The van der Waals surface area contributed by atoms with Crippen LogP contribution in [0.1, 0.15) is 25.2 Å². The summed E-state index contributed by atoms with van der Waals surface area (Å²) in [6, 6.07) is 18.9. The van der Waals surface area contributed by atoms with Gasteiger partial charge in [0.25, 0.3) is 0 Å². The Balaban J connectivity index is 1.83. The SMILES string of the molecule is COc1ccc(N2C(=O)C(C)(C)C(c3ccccn3)=C2c2nnn3ccccc23)cc1. The molecule has 0 saturated heterocycles. The second kappa shape index (κ2) is 7.05. The molecule has 0 radical (unpaired) electrons. The van der Waals surface area contributed by atoms with Gasteiger partial charge in [0.05, 0.1) is 29.4 Å². The number of carbonyl (C=O) groups excluding carboxylic acids is 1. The van der Waals surface area contributed by atoms with Gasteiger partial charge in [-0.25, -0.2) is 4.52 Å². The Morgan fingerprint density at radius 2 is 1.74 bits per heavy atom. The molecular weight excluding hydrogens is 390 g/mol. The number of benzene rings is 1. The number of anilines is 1. The third-order valence-electron chi connectivity index (χ3n) is 5.62. The van der Waals surface area contributed by atoms with E-state index in [9.17, 15) is 4.79 Å². The maximum absolute atomic E-state index is 13.8. The molecular formula is C24H21N5O2. The first-order chi connectivity index (χ1) is 15.0. The third kappa shape index (κ3) is 2.89. The maximum Gasteiger partial charge on any atom is 0.241 e. The van der Waals surface area contributed by atoms with E-state index in [-0.39, 0.29) is 5.91 Å². The summed E-state index contributed by atoms with van der Waals surface area (Å²) in [6.45, 7) is 3.85. The predicted molar refractivity (Wildman–Crippen MR) is 118 cm³/mol. The van der Waals surface area contributed by atoms with Crippen LogP contribution in [0.2, 0.25) is 0 Å². The highest BCUT2D eigenvalue weighted by Gasteiger charge is 2.49. The van der Waals surface area contributed by atoms with E-state index < -0.39 is 5.41 Å². The summed E-state index contributed by atoms with van der Waals surface area (Å²) in [4.78, 5) is 20.1. The lowest BCUT2D eigenvalue weighted by Crippen LogP contribution is -2.33. The average Bonchev–Trinajstić information content (AvgIpc) is 3.31. The van der Waals surface area contributed by atoms with Crippen LogP contribution in [0, 0.1) is 5.41 Å². The number of aromatic nitrogens is 4. The molecule has 7 nitrogen and oxygen atoms in total. The fourth-order valence-electron chi connectivity index (χ4n) is 4.06. The van der Waals surface area contributed by atoms with Crippen LogP contribution in [0.5, 0.6) is 5.75 Å². The molecule has 0 bridgehead atoms. The van der Waals surface area contributed by atoms with Gasteiger partial charge in [-0.3, -0.25) is 14.7 Å². The van der Waals surface area contributed by atoms with Crippen LogP contribution in [0.25, 0.3) is 16.8 Å². The van der Waals surface area contributed by atoms with E-state index in [4.69, 9.17) is 4.74 Å². The highest BCUT2D eigenvalue weighted by atomic mass is 16.5. The lowest BCUT2D eigenvalue weighted by Gasteiger charge is -2.23. The number of fused-ring (bicyclic) bond motifs is 1. The number of methoxy groups -OCH3 is 1. The minimum Gasteiger partial charge on any atom is -0.497 e. The standard InChI is InChI=1S/C24H21N5O2/c1-24(2)20(18-8-4-6-14-25-18)22(21-19-9-5-7-15-28(19)27-26-21)29(23(24)30)16-10-12-17(31-3)13-11-16/h4-15H,1-3H3. The number of hydrogen-bond donors (Lipinski definition) is 0. The van der Waals surface area contributed by atoms with E-state index in [0.29, 0.717) is 11.4 Å². The van der Waals surface area contributed by atoms with Crippen LogP contribution < -0.4 is 9.64 Å². The summed E-state index contributed by atoms with van der Waals surface area (Å²) in [5, 5.41) is 8.75. The summed E-state index contributed by atoms with van der Waals surface area (Å²) in [5.74, 6) is 0.671. The Morgan fingerprint density at radius 1 is 0.968 bits per heavy atom. The average molecular weight is 411 g/mol. The zero-order valence-corrected chi connectivity index (χ0v) is 17.5. The molecule has 0 aliphatic carbocycles. The molecule has 5 rings (SSSR count). The van der Waals surface area contributed by atoms with Crippen molar-refractivity contribution in [3.8, 4) is 5.75 Å². The van der Waals surface area contributed by atoms with Crippen molar-refractivity contribution in [2.45, 2.75) is 13.8 Å². The van der Waals surface area contributed by atoms with Crippen molar-refractivity contribution < 1.29 is 9.53 Å². The van der Waals surface area contributed by atoms with Gasteiger partial charge in [0.2, 0.25) is 5.91 Å². The Bertz CT molecular complexity index is 1310. The number of ether oxygens (including phenoxy) is 1. The summed E-state index contributed by atoms with van der Waals surface area (Å²) in [7, 11) is 1.62. The molecule has 0 fully saturated rings. The first-order valence-electron chi connectivity index (χ1n) is 9.97. The fourth-order valence-corrected chi connectivity index (χ4v) is 4.06. The van der Waals surface area contributed by atoms with Crippen molar-refractivity contribution in [3.05, 3.63) is 84.4 Å². The normalized spacial score (nSPS) is 15.7. The largest absolute Gasteiger partial charge is 0.497 e. The van der Waals surface area contributed by atoms with Crippen LogP contribution in [0.15, 0.2) is 73.1 Å². The molecule has 4 aromatic rings. The quantitative estimate of drug-likeness (QED) is 0.506. The highest BCUT2D eigenvalue weighted by Crippen LogP contribution is 2.50. The van der Waals surface area contributed by atoms with Gasteiger partial charge in [0, 0.05) is 23.7 Å². The van der Waals surface area contributed by atoms with Crippen molar-refractivity contribution in [1.29, 1.82) is 0 Å². The minimum absolute atomic E-state index is 0.0506. The molecule has 0 N–H and O–H groups in total. The van der Waals surface area contributed by atoms with Gasteiger partial charge in [-0.1, -0.05) is 17.3 Å². The maximum atomic E-state index is 13.8. The number of hydrogen-bond acceptors (Lipinski definition) is 5. The molecule has 0 spiro atoms. The van der Waals surface area contributed by atoms with Gasteiger partial charge in [-0.15, -0.1) is 5.10 Å². The summed E-state index contributed by atoms with van der Waals surface area (Å²) in [5.41, 5.74) is 3.63. The van der Waals surface area contributed by atoms with Crippen molar-refractivity contribution in [3.63, 3.8) is 0 Å². The van der Waals surface area contributed by atoms with E-state index in [1.54, 1.807) is 22.7 Å². The molecule has 1 aromatic carbocycles. The summed E-state index contributed by atoms with van der Waals surface area (Å²) < 4.78 is 7.00. The number of carbonyl (C=O) groups is 1. The third-order valence-corrected chi connectivity index (χ3v) is 5.62. The Morgan fingerprint density at radius 3 is 2.45 bits per heavy atom. The minimum atomic E-state index is -0.811. The van der Waals surface area contributed by atoms with E-state index >= 15 is 0 Å². The Kier molecular flexibility index (Phi) is 4.32.